The molecule has 2 radical (unpaired) electrons. The van der Waals surface area contributed by atoms with Crippen LogP contribution >= 0.6 is 0 Å². The molecule has 4 rings (SSSR count). The van der Waals surface area contributed by atoms with Crippen molar-refractivity contribution in [1.29, 1.82) is 0 Å². The SMILES string of the molecule is [B]c1ccc(NC(=O)N2CC(OC)CC2C(=O)Nc2ccc3c(c2)CC(C)N(C)CC3)cc1. The fourth-order valence-corrected chi connectivity index (χ4v) is 4.56. The second kappa shape index (κ2) is 9.97. The monoisotopic (exact) mass is 446 g/mol. The molecule has 2 N–H and O–H groups in total. The Morgan fingerprint density at radius 3 is 2.52 bits per heavy atom. The molecule has 8 heteroatoms. The first-order valence-electron chi connectivity index (χ1n) is 11.4. The number of hydrogen-bond acceptors (Lipinski definition) is 4. The maximum atomic E-state index is 13.2. The summed E-state index contributed by atoms with van der Waals surface area (Å²) in [6.07, 6.45) is 2.20. The maximum Gasteiger partial charge on any atom is 0.322 e. The fourth-order valence-electron chi connectivity index (χ4n) is 4.56. The quantitative estimate of drug-likeness (QED) is 0.707. The lowest BCUT2D eigenvalue weighted by atomic mass is 9.96. The van der Waals surface area contributed by atoms with Gasteiger partial charge in [-0.1, -0.05) is 23.7 Å². The van der Waals surface area contributed by atoms with Crippen LogP contribution in [0.4, 0.5) is 16.2 Å². The van der Waals surface area contributed by atoms with Gasteiger partial charge in [0, 0.05) is 44.0 Å². The summed E-state index contributed by atoms with van der Waals surface area (Å²) in [4.78, 5) is 30.1. The summed E-state index contributed by atoms with van der Waals surface area (Å²) in [5.41, 5.74) is 4.60. The molecule has 2 aliphatic rings. The molecule has 1 fully saturated rings. The minimum absolute atomic E-state index is 0.193. The zero-order chi connectivity index (χ0) is 23.5. The van der Waals surface area contributed by atoms with E-state index in [-0.39, 0.29) is 18.0 Å². The Hall–Kier alpha value is -2.84. The van der Waals surface area contributed by atoms with Crippen LogP contribution in [0.3, 0.4) is 0 Å². The Bertz CT molecular complexity index is 1010. The average molecular weight is 446 g/mol. The Morgan fingerprint density at radius 2 is 1.79 bits per heavy atom. The van der Waals surface area contributed by atoms with Gasteiger partial charge in [0.2, 0.25) is 5.91 Å². The van der Waals surface area contributed by atoms with Crippen LogP contribution in [0.15, 0.2) is 42.5 Å². The summed E-state index contributed by atoms with van der Waals surface area (Å²) >= 11 is 0. The van der Waals surface area contributed by atoms with E-state index in [1.807, 2.05) is 6.07 Å². The summed E-state index contributed by atoms with van der Waals surface area (Å²) < 4.78 is 5.48. The van der Waals surface area contributed by atoms with E-state index in [2.05, 4.69) is 41.6 Å². The van der Waals surface area contributed by atoms with Crippen molar-refractivity contribution in [3.05, 3.63) is 53.6 Å². The van der Waals surface area contributed by atoms with Gasteiger partial charge in [-0.25, -0.2) is 4.79 Å². The molecule has 3 atom stereocenters. The first kappa shape index (κ1) is 23.3. The molecule has 2 aromatic carbocycles. The van der Waals surface area contributed by atoms with Crippen LogP contribution in [0.2, 0.25) is 0 Å². The zero-order valence-corrected chi connectivity index (χ0v) is 19.5. The first-order valence-corrected chi connectivity index (χ1v) is 11.4. The van der Waals surface area contributed by atoms with Gasteiger partial charge in [0.05, 0.1) is 6.10 Å². The molecule has 172 valence electrons. The molecule has 33 heavy (non-hydrogen) atoms. The average Bonchev–Trinajstić information content (AvgIpc) is 3.19. The van der Waals surface area contributed by atoms with Crippen molar-refractivity contribution < 1.29 is 14.3 Å². The second-order valence-corrected chi connectivity index (χ2v) is 9.07. The van der Waals surface area contributed by atoms with Gasteiger partial charge in [0.25, 0.3) is 0 Å². The van der Waals surface area contributed by atoms with Gasteiger partial charge in [-0.05, 0) is 62.2 Å². The Morgan fingerprint density at radius 1 is 1.06 bits per heavy atom. The number of nitrogens with zero attached hydrogens (tertiary/aromatic N) is 2. The van der Waals surface area contributed by atoms with Crippen LogP contribution < -0.4 is 16.1 Å². The van der Waals surface area contributed by atoms with Gasteiger partial charge in [0.15, 0.2) is 0 Å². The van der Waals surface area contributed by atoms with Crippen LogP contribution in [0.25, 0.3) is 0 Å². The molecule has 2 aromatic rings. The smallest absolute Gasteiger partial charge is 0.322 e. The standard InChI is InChI=1S/C25H31BN4O3/c1-16-12-18-13-21(7-4-17(18)10-11-29(16)2)27-24(31)23-14-22(33-3)15-30(23)25(32)28-20-8-5-19(26)6-9-20/h4-9,13,16,22-23H,10-12,14-15H2,1-3H3,(H,27,31)(H,28,32). The molecule has 1 saturated heterocycles. The lowest BCUT2D eigenvalue weighted by Crippen LogP contribution is -2.45. The normalized spacial score (nSPS) is 23.0. The molecule has 0 spiro atoms. The van der Waals surface area contributed by atoms with E-state index in [1.54, 1.807) is 36.3 Å². The number of fused-ring (bicyclic) bond motifs is 1. The lowest BCUT2D eigenvalue weighted by Gasteiger charge is -2.24. The molecule has 0 bridgehead atoms. The number of urea groups is 1. The number of carbonyl (C=O) groups excluding carboxylic acids is 2. The molecular weight excluding hydrogens is 415 g/mol. The molecule has 3 unspecified atom stereocenters. The predicted octanol–water partition coefficient (Wildman–Crippen LogP) is 2.16. The molecular formula is C25H31BN4O3. The van der Waals surface area contributed by atoms with E-state index in [0.29, 0.717) is 30.2 Å². The van der Waals surface area contributed by atoms with Gasteiger partial charge < -0.3 is 25.2 Å². The first-order chi connectivity index (χ1) is 15.8. The molecule has 0 saturated carbocycles. The Labute approximate surface area is 196 Å². The van der Waals surface area contributed by atoms with E-state index in [0.717, 1.165) is 25.1 Å². The van der Waals surface area contributed by atoms with Crippen LogP contribution in [-0.2, 0) is 22.4 Å². The predicted molar refractivity (Wildman–Crippen MR) is 131 cm³/mol. The fraction of sp³-hybridized carbons (Fsp3) is 0.440. The van der Waals surface area contributed by atoms with E-state index < -0.39 is 6.04 Å². The zero-order valence-electron chi connectivity index (χ0n) is 19.5. The molecule has 2 heterocycles. The lowest BCUT2D eigenvalue weighted by molar-refractivity contribution is -0.119. The van der Waals surface area contributed by atoms with Crippen molar-refractivity contribution in [3.63, 3.8) is 0 Å². The molecule has 0 aromatic heterocycles. The van der Waals surface area contributed by atoms with Crippen LogP contribution in [0.5, 0.6) is 0 Å². The highest BCUT2D eigenvalue weighted by molar-refractivity contribution is 6.32. The van der Waals surface area contributed by atoms with Crippen molar-refractivity contribution in [1.82, 2.24) is 9.80 Å². The van der Waals surface area contributed by atoms with Crippen molar-refractivity contribution >= 4 is 36.6 Å². The summed E-state index contributed by atoms with van der Waals surface area (Å²) in [6, 6.07) is 12.5. The largest absolute Gasteiger partial charge is 0.380 e. The highest BCUT2D eigenvalue weighted by Crippen LogP contribution is 2.26. The molecule has 2 aliphatic heterocycles. The van der Waals surface area contributed by atoms with E-state index in [4.69, 9.17) is 12.6 Å². The number of rotatable bonds is 4. The highest BCUT2D eigenvalue weighted by Gasteiger charge is 2.40. The van der Waals surface area contributed by atoms with Crippen molar-refractivity contribution in [2.45, 2.75) is 44.4 Å². The van der Waals surface area contributed by atoms with Gasteiger partial charge in [-0.3, -0.25) is 4.79 Å². The third-order valence-corrected chi connectivity index (χ3v) is 6.80. The number of hydrogen-bond donors (Lipinski definition) is 2. The molecule has 3 amide bonds. The number of nitrogens with one attached hydrogen (secondary N) is 2. The number of anilines is 2. The highest BCUT2D eigenvalue weighted by atomic mass is 16.5. The van der Waals surface area contributed by atoms with Crippen LogP contribution in [-0.4, -0.2) is 75.0 Å². The third kappa shape index (κ3) is 5.39. The summed E-state index contributed by atoms with van der Waals surface area (Å²) in [5, 5.41) is 5.89. The van der Waals surface area contributed by atoms with Crippen molar-refractivity contribution in [3.8, 4) is 0 Å². The number of amides is 3. The number of carbonyl (C=O) groups is 2. The molecule has 7 nitrogen and oxygen atoms in total. The second-order valence-electron chi connectivity index (χ2n) is 9.07. The third-order valence-electron chi connectivity index (χ3n) is 6.80. The minimum atomic E-state index is -0.618. The van der Waals surface area contributed by atoms with Crippen molar-refractivity contribution in [2.75, 3.05) is 37.9 Å². The van der Waals surface area contributed by atoms with E-state index in [1.165, 1.54) is 11.1 Å². The van der Waals surface area contributed by atoms with Crippen LogP contribution in [0.1, 0.15) is 24.5 Å². The van der Waals surface area contributed by atoms with Gasteiger partial charge >= 0.3 is 6.03 Å². The minimum Gasteiger partial charge on any atom is -0.380 e. The summed E-state index contributed by atoms with van der Waals surface area (Å²) in [5.74, 6) is -0.208. The van der Waals surface area contributed by atoms with Gasteiger partial charge in [0.1, 0.15) is 13.9 Å². The number of likely N-dealkylation sites (tertiary alicyclic amines) is 1. The van der Waals surface area contributed by atoms with Crippen molar-refractivity contribution in [2.24, 2.45) is 0 Å². The number of methoxy groups -OCH3 is 1. The maximum absolute atomic E-state index is 13.2. The van der Waals surface area contributed by atoms with Crippen LogP contribution in [0, 0.1) is 0 Å². The Balaban J connectivity index is 1.47. The topological polar surface area (TPSA) is 73.9 Å². The number of benzene rings is 2. The van der Waals surface area contributed by atoms with E-state index >= 15 is 0 Å². The molecule has 0 aliphatic carbocycles. The summed E-state index contributed by atoms with van der Waals surface area (Å²) in [6.45, 7) is 3.60. The Kier molecular flexibility index (Phi) is 7.05. The number of likely N-dealkylation sites (N-methyl/N-ethyl adjacent to an activating group) is 1. The van der Waals surface area contributed by atoms with E-state index in [9.17, 15) is 9.59 Å². The van der Waals surface area contributed by atoms with Gasteiger partial charge in [-0.2, -0.15) is 0 Å². The van der Waals surface area contributed by atoms with Gasteiger partial charge in [-0.15, -0.1) is 0 Å². The summed E-state index contributed by atoms with van der Waals surface area (Å²) in [7, 11) is 9.47. The number of ether oxygens (including phenoxy) is 1.